The lowest BCUT2D eigenvalue weighted by molar-refractivity contribution is 0.327. The molecule has 74 valence electrons. The number of pyridine rings is 1. The first-order valence-corrected chi connectivity index (χ1v) is 4.51. The first kappa shape index (κ1) is 10.3. The summed E-state index contributed by atoms with van der Waals surface area (Å²) in [5, 5.41) is 11.6. The van der Waals surface area contributed by atoms with Gasteiger partial charge in [0.05, 0.1) is 24.6 Å². The molecular formula is C10H13N3O. The molecule has 0 aromatic carbocycles. The van der Waals surface area contributed by atoms with Crippen LogP contribution in [0.15, 0.2) is 18.3 Å². The molecule has 0 aliphatic carbocycles. The van der Waals surface area contributed by atoms with Gasteiger partial charge < -0.3 is 10.1 Å². The number of hydrogen-bond donors (Lipinski definition) is 1. The fourth-order valence-corrected chi connectivity index (χ4v) is 0.981. The summed E-state index contributed by atoms with van der Waals surface area (Å²) in [4.78, 5) is 4.06. The van der Waals surface area contributed by atoms with E-state index in [2.05, 4.69) is 16.4 Å². The maximum Gasteiger partial charge on any atom is 0.213 e. The molecule has 0 radical (unpaired) electrons. The average Bonchev–Trinajstić information content (AvgIpc) is 2.21. The Bertz CT molecular complexity index is 315. The molecule has 0 aliphatic rings. The van der Waals surface area contributed by atoms with Crippen molar-refractivity contribution in [3.05, 3.63) is 18.3 Å². The van der Waals surface area contributed by atoms with E-state index in [0.717, 1.165) is 5.69 Å². The summed E-state index contributed by atoms with van der Waals surface area (Å²) in [6.07, 6.45) is 1.65. The molecule has 1 heterocycles. The molecule has 1 N–H and O–H groups in total. The first-order valence-electron chi connectivity index (χ1n) is 4.51. The summed E-state index contributed by atoms with van der Waals surface area (Å²) in [5.41, 5.74) is 0.822. The molecule has 1 aromatic rings. The van der Waals surface area contributed by atoms with E-state index in [9.17, 15) is 0 Å². The highest BCUT2D eigenvalue weighted by molar-refractivity contribution is 5.43. The Morgan fingerprint density at radius 3 is 2.93 bits per heavy atom. The second kappa shape index (κ2) is 5.07. The number of rotatable bonds is 4. The van der Waals surface area contributed by atoms with Gasteiger partial charge in [-0.05, 0) is 19.9 Å². The fraction of sp³-hybridized carbons (Fsp3) is 0.400. The first-order chi connectivity index (χ1) is 6.76. The van der Waals surface area contributed by atoms with Gasteiger partial charge in [0.25, 0.3) is 0 Å². The van der Waals surface area contributed by atoms with Gasteiger partial charge in [0, 0.05) is 6.07 Å². The molecule has 0 spiro atoms. The molecule has 0 amide bonds. The van der Waals surface area contributed by atoms with Crippen LogP contribution in [0.5, 0.6) is 5.88 Å². The van der Waals surface area contributed by atoms with Gasteiger partial charge in [-0.15, -0.1) is 0 Å². The van der Waals surface area contributed by atoms with E-state index in [1.54, 1.807) is 19.2 Å². The van der Waals surface area contributed by atoms with Crippen molar-refractivity contribution in [1.82, 2.24) is 4.98 Å². The van der Waals surface area contributed by atoms with E-state index in [4.69, 9.17) is 10.00 Å². The van der Waals surface area contributed by atoms with E-state index in [1.807, 2.05) is 13.0 Å². The lowest BCUT2D eigenvalue weighted by atomic mass is 10.3. The molecule has 0 aliphatic heterocycles. The Hall–Kier alpha value is -1.76. The van der Waals surface area contributed by atoms with Crippen molar-refractivity contribution >= 4 is 5.69 Å². The lowest BCUT2D eigenvalue weighted by Crippen LogP contribution is -2.12. The smallest absolute Gasteiger partial charge is 0.213 e. The molecule has 1 rings (SSSR count). The van der Waals surface area contributed by atoms with E-state index in [-0.39, 0.29) is 6.04 Å². The second-order valence-electron chi connectivity index (χ2n) is 2.81. The number of aromatic nitrogens is 1. The fourth-order valence-electron chi connectivity index (χ4n) is 0.981. The van der Waals surface area contributed by atoms with Gasteiger partial charge in [0.15, 0.2) is 0 Å². The summed E-state index contributed by atoms with van der Waals surface area (Å²) in [5.74, 6) is 0.600. The Morgan fingerprint density at radius 1 is 1.64 bits per heavy atom. The lowest BCUT2D eigenvalue weighted by Gasteiger charge is -2.07. The van der Waals surface area contributed by atoms with Crippen LogP contribution in [0.25, 0.3) is 0 Å². The summed E-state index contributed by atoms with van der Waals surface area (Å²) in [7, 11) is 0. The summed E-state index contributed by atoms with van der Waals surface area (Å²) >= 11 is 0. The third kappa shape index (κ3) is 2.94. The minimum atomic E-state index is -0.213. The second-order valence-corrected chi connectivity index (χ2v) is 2.81. The van der Waals surface area contributed by atoms with Gasteiger partial charge in [-0.2, -0.15) is 5.26 Å². The zero-order valence-electron chi connectivity index (χ0n) is 8.32. The van der Waals surface area contributed by atoms with Crippen molar-refractivity contribution in [1.29, 1.82) is 5.26 Å². The van der Waals surface area contributed by atoms with E-state index in [0.29, 0.717) is 12.5 Å². The Morgan fingerprint density at radius 2 is 2.43 bits per heavy atom. The SMILES string of the molecule is CCOc1ccc(NC(C)C#N)cn1. The highest BCUT2D eigenvalue weighted by Gasteiger charge is 1.99. The van der Waals surface area contributed by atoms with Crippen LogP contribution >= 0.6 is 0 Å². The van der Waals surface area contributed by atoms with Crippen LogP contribution in [0.3, 0.4) is 0 Å². The minimum absolute atomic E-state index is 0.213. The van der Waals surface area contributed by atoms with Crippen LogP contribution < -0.4 is 10.1 Å². The van der Waals surface area contributed by atoms with Crippen molar-refractivity contribution in [3.63, 3.8) is 0 Å². The largest absolute Gasteiger partial charge is 0.478 e. The highest BCUT2D eigenvalue weighted by atomic mass is 16.5. The maximum atomic E-state index is 8.58. The standard InChI is InChI=1S/C10H13N3O/c1-3-14-10-5-4-9(7-12-10)13-8(2)6-11/h4-5,7-8,13H,3H2,1-2H3. The Labute approximate surface area is 83.5 Å². The molecule has 0 saturated carbocycles. The van der Waals surface area contributed by atoms with Crippen LogP contribution in [0, 0.1) is 11.3 Å². The highest BCUT2D eigenvalue weighted by Crippen LogP contribution is 2.11. The zero-order chi connectivity index (χ0) is 10.4. The number of hydrogen-bond acceptors (Lipinski definition) is 4. The predicted molar refractivity (Wildman–Crippen MR) is 54.1 cm³/mol. The third-order valence-electron chi connectivity index (χ3n) is 1.61. The van der Waals surface area contributed by atoms with Crippen LogP contribution in [0.2, 0.25) is 0 Å². The van der Waals surface area contributed by atoms with Gasteiger partial charge in [-0.25, -0.2) is 4.98 Å². The number of nitriles is 1. The quantitative estimate of drug-likeness (QED) is 0.788. The molecule has 1 atom stereocenters. The summed E-state index contributed by atoms with van der Waals surface area (Å²) < 4.78 is 5.19. The minimum Gasteiger partial charge on any atom is -0.478 e. The van der Waals surface area contributed by atoms with Gasteiger partial charge in [-0.1, -0.05) is 0 Å². The number of anilines is 1. The summed E-state index contributed by atoms with van der Waals surface area (Å²) in [6.45, 7) is 4.30. The zero-order valence-corrected chi connectivity index (χ0v) is 8.32. The van der Waals surface area contributed by atoms with Gasteiger partial charge in [0.2, 0.25) is 5.88 Å². The summed E-state index contributed by atoms with van der Waals surface area (Å²) in [6, 6.07) is 5.48. The topological polar surface area (TPSA) is 57.9 Å². The number of ether oxygens (including phenoxy) is 1. The molecule has 4 heteroatoms. The number of nitrogens with one attached hydrogen (secondary N) is 1. The van der Waals surface area contributed by atoms with Crippen molar-refractivity contribution in [2.45, 2.75) is 19.9 Å². The Kier molecular flexibility index (Phi) is 3.74. The Balaban J connectivity index is 2.60. The molecule has 0 bridgehead atoms. The van der Waals surface area contributed by atoms with Crippen molar-refractivity contribution in [2.75, 3.05) is 11.9 Å². The molecule has 4 nitrogen and oxygen atoms in total. The molecule has 14 heavy (non-hydrogen) atoms. The molecule has 0 fully saturated rings. The van der Waals surface area contributed by atoms with Crippen LogP contribution in [0.4, 0.5) is 5.69 Å². The molecule has 1 aromatic heterocycles. The van der Waals surface area contributed by atoms with Crippen LogP contribution in [0.1, 0.15) is 13.8 Å². The maximum absolute atomic E-state index is 8.58. The monoisotopic (exact) mass is 191 g/mol. The van der Waals surface area contributed by atoms with Crippen molar-refractivity contribution < 1.29 is 4.74 Å². The van der Waals surface area contributed by atoms with Crippen molar-refractivity contribution in [2.24, 2.45) is 0 Å². The molecule has 1 unspecified atom stereocenters. The van der Waals surface area contributed by atoms with Crippen LogP contribution in [-0.2, 0) is 0 Å². The van der Waals surface area contributed by atoms with E-state index >= 15 is 0 Å². The predicted octanol–water partition coefficient (Wildman–Crippen LogP) is 1.80. The third-order valence-corrected chi connectivity index (χ3v) is 1.61. The normalized spacial score (nSPS) is 11.5. The average molecular weight is 191 g/mol. The molecular weight excluding hydrogens is 178 g/mol. The van der Waals surface area contributed by atoms with Gasteiger partial charge >= 0.3 is 0 Å². The van der Waals surface area contributed by atoms with E-state index in [1.165, 1.54) is 0 Å². The van der Waals surface area contributed by atoms with E-state index < -0.39 is 0 Å². The number of nitrogens with zero attached hydrogens (tertiary/aromatic N) is 2. The van der Waals surface area contributed by atoms with Crippen LogP contribution in [-0.4, -0.2) is 17.6 Å². The molecule has 0 saturated heterocycles. The van der Waals surface area contributed by atoms with Gasteiger partial charge in [0.1, 0.15) is 6.04 Å². The van der Waals surface area contributed by atoms with Crippen molar-refractivity contribution in [3.8, 4) is 11.9 Å². The van der Waals surface area contributed by atoms with Gasteiger partial charge in [-0.3, -0.25) is 0 Å².